The first-order valence-electron chi connectivity index (χ1n) is 9.85. The maximum absolute atomic E-state index is 5.75. The Balaban J connectivity index is 1.42. The third-order valence-electron chi connectivity index (χ3n) is 4.90. The zero-order valence-corrected chi connectivity index (χ0v) is 17.4. The maximum Gasteiger partial charge on any atom is 0.191 e. The fourth-order valence-electron chi connectivity index (χ4n) is 3.39. The van der Waals surface area contributed by atoms with E-state index < -0.39 is 0 Å². The summed E-state index contributed by atoms with van der Waals surface area (Å²) in [6.45, 7) is 3.10. The van der Waals surface area contributed by atoms with Crippen LogP contribution in [-0.2, 0) is 0 Å². The smallest absolute Gasteiger partial charge is 0.191 e. The molecule has 0 bridgehead atoms. The molecule has 2 N–H and O–H groups in total. The fraction of sp³-hybridized carbons (Fsp3) is 0.409. The van der Waals surface area contributed by atoms with E-state index in [0.29, 0.717) is 19.2 Å². The summed E-state index contributed by atoms with van der Waals surface area (Å²) in [5, 5.41) is 6.81. The summed E-state index contributed by atoms with van der Waals surface area (Å²) in [7, 11) is 5.15. The zero-order chi connectivity index (χ0) is 20.5. The Hall–Kier alpha value is -3.09. The lowest BCUT2D eigenvalue weighted by atomic mass is 10.2. The highest BCUT2D eigenvalue weighted by atomic mass is 16.5. The van der Waals surface area contributed by atoms with Crippen molar-refractivity contribution in [1.29, 1.82) is 0 Å². The van der Waals surface area contributed by atoms with Crippen molar-refractivity contribution in [1.82, 2.24) is 10.6 Å². The molecular formula is C22H30N4O3. The van der Waals surface area contributed by atoms with Gasteiger partial charge in [0.25, 0.3) is 0 Å². The molecule has 0 aliphatic carbocycles. The van der Waals surface area contributed by atoms with Crippen LogP contribution in [0.1, 0.15) is 6.42 Å². The van der Waals surface area contributed by atoms with Gasteiger partial charge in [-0.25, -0.2) is 0 Å². The first kappa shape index (κ1) is 20.6. The summed E-state index contributed by atoms with van der Waals surface area (Å²) in [4.78, 5) is 6.67. The van der Waals surface area contributed by atoms with Gasteiger partial charge in [-0.2, -0.15) is 0 Å². The Kier molecular flexibility index (Phi) is 7.44. The van der Waals surface area contributed by atoms with E-state index in [0.717, 1.165) is 48.4 Å². The van der Waals surface area contributed by atoms with Gasteiger partial charge < -0.3 is 29.7 Å². The normalized spacial score (nSPS) is 16.4. The van der Waals surface area contributed by atoms with Crippen molar-refractivity contribution in [2.45, 2.75) is 12.5 Å². The highest BCUT2D eigenvalue weighted by Crippen LogP contribution is 2.30. The number of para-hydroxylation sites is 2. The molecule has 3 rings (SSSR count). The van der Waals surface area contributed by atoms with Crippen LogP contribution in [-0.4, -0.2) is 59.5 Å². The van der Waals surface area contributed by atoms with E-state index in [-0.39, 0.29) is 0 Å². The van der Waals surface area contributed by atoms with Crippen LogP contribution in [0.25, 0.3) is 0 Å². The van der Waals surface area contributed by atoms with Gasteiger partial charge in [0, 0.05) is 26.2 Å². The molecule has 156 valence electrons. The second kappa shape index (κ2) is 10.5. The van der Waals surface area contributed by atoms with Crippen molar-refractivity contribution in [2.24, 2.45) is 4.99 Å². The lowest BCUT2D eigenvalue weighted by molar-refractivity contribution is 0.321. The number of hydrogen-bond acceptors (Lipinski definition) is 5. The lowest BCUT2D eigenvalue weighted by Crippen LogP contribution is -2.45. The number of anilines is 1. The first-order valence-corrected chi connectivity index (χ1v) is 9.85. The van der Waals surface area contributed by atoms with Crippen molar-refractivity contribution in [2.75, 3.05) is 52.4 Å². The van der Waals surface area contributed by atoms with Gasteiger partial charge in [0.2, 0.25) is 0 Å². The van der Waals surface area contributed by atoms with Crippen molar-refractivity contribution in [3.63, 3.8) is 0 Å². The predicted octanol–water partition coefficient (Wildman–Crippen LogP) is 2.53. The molecule has 7 nitrogen and oxygen atoms in total. The molecular weight excluding hydrogens is 368 g/mol. The molecule has 1 unspecified atom stereocenters. The molecule has 29 heavy (non-hydrogen) atoms. The van der Waals surface area contributed by atoms with Crippen LogP contribution >= 0.6 is 0 Å². The minimum absolute atomic E-state index is 0.327. The van der Waals surface area contributed by atoms with Crippen molar-refractivity contribution in [3.05, 3.63) is 48.5 Å². The molecule has 1 heterocycles. The molecule has 0 saturated carbocycles. The molecule has 1 atom stereocenters. The number of rotatable bonds is 8. The van der Waals surface area contributed by atoms with E-state index in [1.165, 1.54) is 0 Å². The Labute approximate surface area is 172 Å². The van der Waals surface area contributed by atoms with Crippen molar-refractivity contribution in [3.8, 4) is 17.2 Å². The van der Waals surface area contributed by atoms with Crippen LogP contribution < -0.4 is 29.7 Å². The van der Waals surface area contributed by atoms with E-state index in [2.05, 4.69) is 26.6 Å². The van der Waals surface area contributed by atoms with Gasteiger partial charge >= 0.3 is 0 Å². The van der Waals surface area contributed by atoms with Crippen molar-refractivity contribution < 1.29 is 14.2 Å². The molecule has 0 radical (unpaired) electrons. The van der Waals surface area contributed by atoms with Crippen LogP contribution in [0, 0.1) is 0 Å². The summed E-state index contributed by atoms with van der Waals surface area (Å²) in [5.41, 5.74) is 1.13. The SMILES string of the molecule is CN=C(NCCOc1ccc(OC)cc1)NC1CCN(c2ccccc2OC)C1. The summed E-state index contributed by atoms with van der Waals surface area (Å²) in [5.74, 6) is 3.33. The Bertz CT molecular complexity index is 795. The Morgan fingerprint density at radius 1 is 1.07 bits per heavy atom. The third-order valence-corrected chi connectivity index (χ3v) is 4.90. The van der Waals surface area contributed by atoms with E-state index in [1.54, 1.807) is 21.3 Å². The van der Waals surface area contributed by atoms with Crippen LogP contribution in [0.2, 0.25) is 0 Å². The number of hydrogen-bond donors (Lipinski definition) is 2. The minimum atomic E-state index is 0.327. The maximum atomic E-state index is 5.75. The predicted molar refractivity (Wildman–Crippen MR) is 117 cm³/mol. The zero-order valence-electron chi connectivity index (χ0n) is 17.4. The number of aliphatic imine (C=N–C) groups is 1. The van der Waals surface area contributed by atoms with E-state index in [9.17, 15) is 0 Å². The number of methoxy groups -OCH3 is 2. The summed E-state index contributed by atoms with van der Waals surface area (Å²) in [6, 6.07) is 16.0. The van der Waals surface area contributed by atoms with Gasteiger partial charge in [0.05, 0.1) is 26.5 Å². The number of benzene rings is 2. The van der Waals surface area contributed by atoms with Crippen molar-refractivity contribution >= 4 is 11.6 Å². The second-order valence-corrected chi connectivity index (χ2v) is 6.77. The summed E-state index contributed by atoms with van der Waals surface area (Å²) in [6.07, 6.45) is 1.04. The molecule has 7 heteroatoms. The number of nitrogens with one attached hydrogen (secondary N) is 2. The Morgan fingerprint density at radius 3 is 2.55 bits per heavy atom. The largest absolute Gasteiger partial charge is 0.497 e. The van der Waals surface area contributed by atoms with Gasteiger partial charge in [-0.1, -0.05) is 12.1 Å². The molecule has 0 aromatic heterocycles. The minimum Gasteiger partial charge on any atom is -0.497 e. The van der Waals surface area contributed by atoms with E-state index in [4.69, 9.17) is 14.2 Å². The summed E-state index contributed by atoms with van der Waals surface area (Å²) >= 11 is 0. The number of nitrogens with zero attached hydrogens (tertiary/aromatic N) is 2. The molecule has 2 aromatic rings. The molecule has 1 fully saturated rings. The number of guanidine groups is 1. The van der Waals surface area contributed by atoms with Gasteiger partial charge in [-0.3, -0.25) is 4.99 Å². The Morgan fingerprint density at radius 2 is 1.83 bits per heavy atom. The van der Waals surface area contributed by atoms with Crippen LogP contribution in [0.15, 0.2) is 53.5 Å². The summed E-state index contributed by atoms with van der Waals surface area (Å²) < 4.78 is 16.4. The van der Waals surface area contributed by atoms with Gasteiger partial charge in [-0.05, 0) is 42.8 Å². The first-order chi connectivity index (χ1) is 14.2. The van der Waals surface area contributed by atoms with Crippen LogP contribution in [0.5, 0.6) is 17.2 Å². The lowest BCUT2D eigenvalue weighted by Gasteiger charge is -2.22. The van der Waals surface area contributed by atoms with Gasteiger partial charge in [0.15, 0.2) is 5.96 Å². The molecule has 2 aromatic carbocycles. The van der Waals surface area contributed by atoms with Gasteiger partial charge in [-0.15, -0.1) is 0 Å². The van der Waals surface area contributed by atoms with Crippen LogP contribution in [0.4, 0.5) is 5.69 Å². The van der Waals surface area contributed by atoms with E-state index >= 15 is 0 Å². The molecule has 1 saturated heterocycles. The third kappa shape index (κ3) is 5.70. The molecule has 0 amide bonds. The highest BCUT2D eigenvalue weighted by Gasteiger charge is 2.25. The van der Waals surface area contributed by atoms with Crippen LogP contribution in [0.3, 0.4) is 0 Å². The number of ether oxygens (including phenoxy) is 3. The van der Waals surface area contributed by atoms with Gasteiger partial charge in [0.1, 0.15) is 23.9 Å². The standard InChI is InChI=1S/C22H30N4O3/c1-23-22(24-13-15-29-19-10-8-18(27-2)9-11-19)25-17-12-14-26(16-17)20-6-4-5-7-21(20)28-3/h4-11,17H,12-16H2,1-3H3,(H2,23,24,25). The monoisotopic (exact) mass is 398 g/mol. The molecule has 0 spiro atoms. The second-order valence-electron chi connectivity index (χ2n) is 6.77. The highest BCUT2D eigenvalue weighted by molar-refractivity contribution is 5.80. The average Bonchev–Trinajstić information content (AvgIpc) is 3.24. The fourth-order valence-corrected chi connectivity index (χ4v) is 3.39. The quantitative estimate of drug-likeness (QED) is 0.405. The average molecular weight is 399 g/mol. The molecule has 1 aliphatic rings. The topological polar surface area (TPSA) is 67.4 Å². The molecule has 1 aliphatic heterocycles. The van der Waals surface area contributed by atoms with E-state index in [1.807, 2.05) is 42.5 Å².